The van der Waals surface area contributed by atoms with E-state index >= 15 is 0 Å². The van der Waals surface area contributed by atoms with E-state index < -0.39 is 5.97 Å². The molecule has 0 atom stereocenters. The lowest BCUT2D eigenvalue weighted by molar-refractivity contribution is -0.135. The quantitative estimate of drug-likeness (QED) is 0.352. The van der Waals surface area contributed by atoms with Crippen molar-refractivity contribution >= 4 is 12.2 Å². The number of hydrogen-bond donors (Lipinski definition) is 1. The van der Waals surface area contributed by atoms with Gasteiger partial charge >= 0.3 is 5.97 Å². The molecule has 0 unspecified atom stereocenters. The smallest absolute Gasteiger partial charge is 0.348 e. The minimum atomic E-state index is -0.531. The molecule has 82 valence electrons. The molecule has 0 aliphatic carbocycles. The van der Waals surface area contributed by atoms with Crippen LogP contribution in [0.1, 0.15) is 51.9 Å². The van der Waals surface area contributed by atoms with Crippen LogP contribution in [0.4, 0.5) is 0 Å². The van der Waals surface area contributed by atoms with E-state index in [1.54, 1.807) is 0 Å². The first-order valence-corrected chi connectivity index (χ1v) is 5.48. The number of rotatable bonds is 9. The van der Waals surface area contributed by atoms with Crippen molar-refractivity contribution in [1.29, 1.82) is 5.41 Å². The zero-order valence-corrected chi connectivity index (χ0v) is 9.05. The van der Waals surface area contributed by atoms with Crippen LogP contribution in [0.15, 0.2) is 0 Å². The van der Waals surface area contributed by atoms with E-state index in [4.69, 9.17) is 10.1 Å². The molecule has 0 radical (unpaired) electrons. The Morgan fingerprint density at radius 2 is 1.71 bits per heavy atom. The Morgan fingerprint density at radius 3 is 2.29 bits per heavy atom. The van der Waals surface area contributed by atoms with E-state index in [1.165, 1.54) is 32.1 Å². The van der Waals surface area contributed by atoms with Gasteiger partial charge in [-0.25, -0.2) is 4.79 Å². The van der Waals surface area contributed by atoms with Gasteiger partial charge in [-0.1, -0.05) is 45.4 Å². The molecule has 0 rings (SSSR count). The van der Waals surface area contributed by atoms with Gasteiger partial charge in [0.1, 0.15) is 6.21 Å². The van der Waals surface area contributed by atoms with Gasteiger partial charge in [-0.2, -0.15) is 0 Å². The summed E-state index contributed by atoms with van der Waals surface area (Å²) in [6.07, 6.45) is 9.17. The predicted molar refractivity (Wildman–Crippen MR) is 57.7 cm³/mol. The van der Waals surface area contributed by atoms with E-state index in [1.807, 2.05) is 0 Å². The number of ether oxygens (including phenoxy) is 1. The van der Waals surface area contributed by atoms with Crippen LogP contribution >= 0.6 is 0 Å². The maximum atomic E-state index is 10.5. The summed E-state index contributed by atoms with van der Waals surface area (Å²) in [5.74, 6) is -0.531. The fourth-order valence-corrected chi connectivity index (χ4v) is 1.27. The van der Waals surface area contributed by atoms with Gasteiger partial charge in [0.05, 0.1) is 6.61 Å². The SMILES string of the molecule is CCCCCCCCCOC(=O)C=N. The maximum Gasteiger partial charge on any atom is 0.348 e. The molecule has 3 heteroatoms. The van der Waals surface area contributed by atoms with Crippen molar-refractivity contribution in [2.75, 3.05) is 6.61 Å². The number of carbonyl (C=O) groups is 1. The lowest BCUT2D eigenvalue weighted by Gasteiger charge is -2.01. The molecule has 0 spiro atoms. The van der Waals surface area contributed by atoms with Crippen LogP contribution < -0.4 is 0 Å². The molecular weight excluding hydrogens is 178 g/mol. The first-order valence-electron chi connectivity index (χ1n) is 5.48. The monoisotopic (exact) mass is 199 g/mol. The van der Waals surface area contributed by atoms with Crippen LogP contribution in [-0.2, 0) is 9.53 Å². The average Bonchev–Trinajstić information content (AvgIpc) is 2.21. The molecule has 0 saturated heterocycles. The minimum absolute atomic E-state index is 0.460. The second-order valence-corrected chi connectivity index (χ2v) is 3.43. The third-order valence-corrected chi connectivity index (χ3v) is 2.11. The normalized spacial score (nSPS) is 9.79. The summed E-state index contributed by atoms with van der Waals surface area (Å²) in [6.45, 7) is 2.67. The molecular formula is C11H21NO2. The first kappa shape index (κ1) is 13.1. The predicted octanol–water partition coefficient (Wildman–Crippen LogP) is 2.93. The van der Waals surface area contributed by atoms with E-state index in [-0.39, 0.29) is 0 Å². The fraction of sp³-hybridized carbons (Fsp3) is 0.818. The Morgan fingerprint density at radius 1 is 1.14 bits per heavy atom. The third-order valence-electron chi connectivity index (χ3n) is 2.11. The van der Waals surface area contributed by atoms with Crippen LogP contribution in [0, 0.1) is 5.41 Å². The summed E-state index contributed by atoms with van der Waals surface area (Å²) in [6, 6.07) is 0. The molecule has 0 heterocycles. The molecule has 0 aromatic carbocycles. The van der Waals surface area contributed by atoms with E-state index in [9.17, 15) is 4.79 Å². The van der Waals surface area contributed by atoms with Crippen molar-refractivity contribution < 1.29 is 9.53 Å². The fourth-order valence-electron chi connectivity index (χ4n) is 1.27. The molecule has 0 aliphatic rings. The van der Waals surface area contributed by atoms with E-state index in [2.05, 4.69) is 6.92 Å². The highest BCUT2D eigenvalue weighted by Gasteiger charge is 1.95. The number of carbonyl (C=O) groups excluding carboxylic acids is 1. The molecule has 0 aromatic rings. The van der Waals surface area contributed by atoms with Gasteiger partial charge in [0.2, 0.25) is 0 Å². The summed E-state index contributed by atoms with van der Waals surface area (Å²) < 4.78 is 4.74. The summed E-state index contributed by atoms with van der Waals surface area (Å²) in [5, 5.41) is 6.60. The van der Waals surface area contributed by atoms with Crippen molar-refractivity contribution in [3.05, 3.63) is 0 Å². The lowest BCUT2D eigenvalue weighted by atomic mass is 10.1. The Bertz CT molecular complexity index is 157. The highest BCUT2D eigenvalue weighted by molar-refractivity contribution is 6.21. The average molecular weight is 199 g/mol. The van der Waals surface area contributed by atoms with Gasteiger partial charge in [-0.15, -0.1) is 0 Å². The molecule has 0 bridgehead atoms. The van der Waals surface area contributed by atoms with Crippen molar-refractivity contribution in [3.63, 3.8) is 0 Å². The summed E-state index contributed by atoms with van der Waals surface area (Å²) in [5.41, 5.74) is 0. The summed E-state index contributed by atoms with van der Waals surface area (Å²) in [4.78, 5) is 10.5. The van der Waals surface area contributed by atoms with Gasteiger partial charge in [-0.05, 0) is 6.42 Å². The van der Waals surface area contributed by atoms with Gasteiger partial charge in [0, 0.05) is 0 Å². The van der Waals surface area contributed by atoms with Gasteiger partial charge in [-0.3, -0.25) is 0 Å². The molecule has 0 aromatic heterocycles. The number of nitrogens with one attached hydrogen (secondary N) is 1. The van der Waals surface area contributed by atoms with E-state index in [0.717, 1.165) is 12.8 Å². The molecule has 0 amide bonds. The Balaban J connectivity index is 2.99. The van der Waals surface area contributed by atoms with Crippen LogP contribution in [-0.4, -0.2) is 18.8 Å². The van der Waals surface area contributed by atoms with Crippen molar-refractivity contribution in [3.8, 4) is 0 Å². The Kier molecular flexibility index (Phi) is 9.59. The topological polar surface area (TPSA) is 50.2 Å². The van der Waals surface area contributed by atoms with Crippen molar-refractivity contribution in [2.45, 2.75) is 51.9 Å². The van der Waals surface area contributed by atoms with E-state index in [0.29, 0.717) is 12.8 Å². The number of hydrogen-bond acceptors (Lipinski definition) is 3. The highest BCUT2D eigenvalue weighted by Crippen LogP contribution is 2.06. The van der Waals surface area contributed by atoms with Crippen LogP contribution in [0.3, 0.4) is 0 Å². The largest absolute Gasteiger partial charge is 0.461 e. The Hall–Kier alpha value is -0.860. The second kappa shape index (κ2) is 10.2. The molecule has 3 nitrogen and oxygen atoms in total. The van der Waals surface area contributed by atoms with Crippen LogP contribution in [0.5, 0.6) is 0 Å². The van der Waals surface area contributed by atoms with Gasteiger partial charge in [0.15, 0.2) is 0 Å². The van der Waals surface area contributed by atoms with Crippen molar-refractivity contribution in [2.24, 2.45) is 0 Å². The molecule has 0 fully saturated rings. The molecule has 1 N–H and O–H groups in total. The zero-order valence-electron chi connectivity index (χ0n) is 9.05. The number of esters is 1. The zero-order chi connectivity index (χ0) is 10.6. The standard InChI is InChI=1S/C11H21NO2/c1-2-3-4-5-6-7-8-9-14-11(13)10-12/h10,12H,2-9H2,1H3. The van der Waals surface area contributed by atoms with Crippen LogP contribution in [0.25, 0.3) is 0 Å². The van der Waals surface area contributed by atoms with Crippen molar-refractivity contribution in [1.82, 2.24) is 0 Å². The molecule has 0 aliphatic heterocycles. The third kappa shape index (κ3) is 9.23. The number of unbranched alkanes of at least 4 members (excludes halogenated alkanes) is 6. The van der Waals surface area contributed by atoms with Gasteiger partial charge in [0.25, 0.3) is 0 Å². The Labute approximate surface area is 86.3 Å². The van der Waals surface area contributed by atoms with Crippen LogP contribution in [0.2, 0.25) is 0 Å². The second-order valence-electron chi connectivity index (χ2n) is 3.43. The highest BCUT2D eigenvalue weighted by atomic mass is 16.5. The first-order chi connectivity index (χ1) is 6.81. The summed E-state index contributed by atoms with van der Waals surface area (Å²) in [7, 11) is 0. The maximum absolute atomic E-state index is 10.5. The van der Waals surface area contributed by atoms with Gasteiger partial charge < -0.3 is 10.1 Å². The minimum Gasteiger partial charge on any atom is -0.461 e. The molecule has 0 saturated carbocycles. The summed E-state index contributed by atoms with van der Waals surface area (Å²) >= 11 is 0. The molecule has 14 heavy (non-hydrogen) atoms. The lowest BCUT2D eigenvalue weighted by Crippen LogP contribution is -2.05.